The van der Waals surface area contributed by atoms with Crippen LogP contribution in [0.2, 0.25) is 9.60 Å². The topological polar surface area (TPSA) is 121 Å². The third-order valence-corrected chi connectivity index (χ3v) is 1.50. The molecule has 0 aromatic rings. The van der Waals surface area contributed by atoms with E-state index in [-0.39, 0.29) is 23.1 Å². The minimum atomic E-state index is -2.33. The molecule has 0 aromatic heterocycles. The minimum absolute atomic E-state index is 0. The maximum absolute atomic E-state index is 8.56. The summed E-state index contributed by atoms with van der Waals surface area (Å²) < 4.78 is 1.46. The van der Waals surface area contributed by atoms with Gasteiger partial charge in [-0.2, -0.15) is 5.05 Å². The van der Waals surface area contributed by atoms with Crippen LogP contribution < -0.4 is 10.2 Å². The molecular formula is C5H10Mg2O6. The van der Waals surface area contributed by atoms with E-state index < -0.39 is 12.3 Å². The van der Waals surface area contributed by atoms with Gasteiger partial charge in [0.1, 0.15) is 0 Å². The normalized spacial score (nSPS) is 5.38. The smallest absolute Gasteiger partial charge is 0.652 e. The predicted octanol–water partition coefficient (Wildman–Crippen LogP) is -1.43. The van der Waals surface area contributed by atoms with Crippen LogP contribution in [-0.2, 0) is 0 Å². The Hall–Kier alpha value is 0.0725. The molecule has 0 fully saturated rings. The first-order valence-corrected chi connectivity index (χ1v) is 5.59. The van der Waals surface area contributed by atoms with E-state index >= 15 is 0 Å². The second kappa shape index (κ2) is 22.7. The molecule has 13 heavy (non-hydrogen) atoms. The van der Waals surface area contributed by atoms with Gasteiger partial charge in [0.25, 0.3) is 0 Å². The van der Waals surface area contributed by atoms with Crippen molar-refractivity contribution < 1.29 is 30.0 Å². The standard InChI is InChI=1S/C2H5.2CH2O3.CH3.2Mg/c1-2;2*2-1(3)4;;;/h1H2,2H3;2*(H2,2,3,4);1H3;;/q;;;;;+2/p-2. The molecule has 0 bridgehead atoms. The van der Waals surface area contributed by atoms with Gasteiger partial charge in [-0.15, -0.1) is 4.55 Å². The fourth-order valence-corrected chi connectivity index (χ4v) is 0. The third kappa shape index (κ3) is 1060. The molecule has 0 atom stereocenters. The van der Waals surface area contributed by atoms with Gasteiger partial charge < -0.3 is 25.2 Å². The molecule has 0 radical (unpaired) electrons. The van der Waals surface area contributed by atoms with E-state index in [0.29, 0.717) is 20.4 Å². The quantitative estimate of drug-likeness (QED) is 0.517. The van der Waals surface area contributed by atoms with Crippen LogP contribution in [-0.4, -0.2) is 65.9 Å². The van der Waals surface area contributed by atoms with E-state index in [1.165, 1.54) is 4.55 Å². The Labute approximate surface area is 102 Å². The summed E-state index contributed by atoms with van der Waals surface area (Å²) in [7, 11) is 0. The summed E-state index contributed by atoms with van der Waals surface area (Å²) in [5.41, 5.74) is 0. The van der Waals surface area contributed by atoms with Gasteiger partial charge in [0.05, 0.1) is 0 Å². The molecule has 0 aliphatic heterocycles. The fourth-order valence-electron chi connectivity index (χ4n) is 0. The first-order valence-electron chi connectivity index (χ1n) is 3.18. The summed E-state index contributed by atoms with van der Waals surface area (Å²) in [5, 5.41) is 32.9. The molecule has 70 valence electrons. The van der Waals surface area contributed by atoms with Crippen LogP contribution in [0.4, 0.5) is 9.59 Å². The molecule has 0 amide bonds. The van der Waals surface area contributed by atoms with Crippen LogP contribution in [0.25, 0.3) is 0 Å². The summed E-state index contributed by atoms with van der Waals surface area (Å²) in [4.78, 5) is 16.9. The average Bonchev–Trinajstić information content (AvgIpc) is 1.85. The van der Waals surface area contributed by atoms with Crippen LogP contribution in [0.15, 0.2) is 0 Å². The molecule has 0 heterocycles. The van der Waals surface area contributed by atoms with E-state index in [9.17, 15) is 0 Å². The summed E-state index contributed by atoms with van der Waals surface area (Å²) in [6.07, 6.45) is -4.17. The van der Waals surface area contributed by atoms with Crippen molar-refractivity contribution in [2.24, 2.45) is 0 Å². The Bertz CT molecular complexity index is 95.6. The van der Waals surface area contributed by atoms with E-state index in [0.717, 1.165) is 0 Å². The number of hydrogen-bond acceptors (Lipinski definition) is 4. The number of rotatable bonds is 1. The van der Waals surface area contributed by atoms with Gasteiger partial charge in [0.2, 0.25) is 0 Å². The molecule has 0 saturated heterocycles. The molecule has 0 aliphatic carbocycles. The predicted molar refractivity (Wildman–Crippen MR) is 43.9 cm³/mol. The molecule has 0 spiro atoms. The Morgan fingerprint density at radius 1 is 1.31 bits per heavy atom. The van der Waals surface area contributed by atoms with E-state index in [1.807, 2.05) is 0 Å². The number of carbonyl (C=O) groups is 2. The van der Waals surface area contributed by atoms with Crippen molar-refractivity contribution in [3.05, 3.63) is 0 Å². The largest absolute Gasteiger partial charge is 2.00 e. The van der Waals surface area contributed by atoms with Crippen molar-refractivity contribution in [2.75, 3.05) is 0 Å². The maximum atomic E-state index is 8.56. The Morgan fingerprint density at radius 2 is 1.38 bits per heavy atom. The number of carboxylic acid groups (broad SMARTS) is 4. The van der Waals surface area contributed by atoms with Gasteiger partial charge in [-0.1, -0.05) is 6.92 Å². The van der Waals surface area contributed by atoms with E-state index in [2.05, 4.69) is 12.0 Å². The van der Waals surface area contributed by atoms with Gasteiger partial charge in [-0.05, 0) is 6.16 Å². The van der Waals surface area contributed by atoms with Crippen molar-refractivity contribution >= 4 is 55.7 Å². The summed E-state index contributed by atoms with van der Waals surface area (Å²) >= 11 is 0.424. The van der Waals surface area contributed by atoms with Crippen molar-refractivity contribution in [2.45, 2.75) is 16.5 Å². The SMILES string of the molecule is C[CH2][Mg][CH3].O=C(O)O.O=C([O-])[O-].[Mg+2]. The summed E-state index contributed by atoms with van der Waals surface area (Å²) in [6.45, 7) is 2.24. The first-order chi connectivity index (χ1) is 5.38. The molecule has 2 N–H and O–H groups in total. The van der Waals surface area contributed by atoms with Crippen molar-refractivity contribution in [3.63, 3.8) is 0 Å². The third-order valence-electron chi connectivity index (χ3n) is 0.500. The fraction of sp³-hybridized carbons (Fsp3) is 0.600. The molecular weight excluding hydrogens is 205 g/mol. The van der Waals surface area contributed by atoms with Crippen LogP contribution in [0.5, 0.6) is 0 Å². The van der Waals surface area contributed by atoms with Gasteiger partial charge in [-0.25, -0.2) is 4.79 Å². The molecule has 0 unspecified atom stereocenters. The second-order valence-electron chi connectivity index (χ2n) is 1.53. The van der Waals surface area contributed by atoms with Crippen molar-refractivity contribution in [1.82, 2.24) is 0 Å². The van der Waals surface area contributed by atoms with Crippen molar-refractivity contribution in [3.8, 4) is 0 Å². The molecule has 0 saturated carbocycles. The van der Waals surface area contributed by atoms with Crippen LogP contribution in [0, 0.1) is 0 Å². The van der Waals surface area contributed by atoms with Gasteiger partial charge in [0.15, 0.2) is 0 Å². The van der Waals surface area contributed by atoms with Crippen LogP contribution in [0.1, 0.15) is 6.92 Å². The van der Waals surface area contributed by atoms with E-state index in [4.69, 9.17) is 30.0 Å². The average molecular weight is 215 g/mol. The molecule has 6 nitrogen and oxygen atoms in total. The first kappa shape index (κ1) is 23.1. The number of carbonyl (C=O) groups excluding carboxylic acids is 1. The van der Waals surface area contributed by atoms with Gasteiger partial charge in [-0.3, -0.25) is 0 Å². The van der Waals surface area contributed by atoms with Gasteiger partial charge in [0, 0.05) is 0 Å². The van der Waals surface area contributed by atoms with Crippen LogP contribution in [0.3, 0.4) is 0 Å². The Kier molecular flexibility index (Phi) is 40.4. The molecule has 0 aromatic carbocycles. The Balaban J connectivity index is -0.0000000450. The summed E-state index contributed by atoms with van der Waals surface area (Å²) in [5.74, 6) is 0. The van der Waals surface area contributed by atoms with Crippen LogP contribution >= 0.6 is 0 Å². The molecule has 8 heteroatoms. The van der Waals surface area contributed by atoms with E-state index in [1.54, 1.807) is 0 Å². The maximum Gasteiger partial charge on any atom is 2.00 e. The van der Waals surface area contributed by atoms with Gasteiger partial charge >= 0.3 is 49.6 Å². The molecule has 0 aliphatic rings. The monoisotopic (exact) mass is 214 g/mol. The number of hydrogen-bond donors (Lipinski definition) is 2. The zero-order chi connectivity index (χ0) is 10.6. The Morgan fingerprint density at radius 3 is 1.38 bits per heavy atom. The minimum Gasteiger partial charge on any atom is -0.652 e. The molecule has 0 rings (SSSR count). The zero-order valence-corrected chi connectivity index (χ0v) is 10.5. The second-order valence-corrected chi connectivity index (χ2v) is 3.53. The summed E-state index contributed by atoms with van der Waals surface area (Å²) in [6, 6.07) is 0. The van der Waals surface area contributed by atoms with Crippen molar-refractivity contribution in [1.29, 1.82) is 0 Å². The zero-order valence-electron chi connectivity index (χ0n) is 7.65.